The van der Waals surface area contributed by atoms with Crippen molar-refractivity contribution in [2.75, 3.05) is 13.1 Å². The van der Waals surface area contributed by atoms with Gasteiger partial charge in [-0.1, -0.05) is 0 Å². The van der Waals surface area contributed by atoms with Crippen LogP contribution in [0.25, 0.3) is 0 Å². The zero-order valence-corrected chi connectivity index (χ0v) is 16.7. The molecule has 7 heteroatoms. The van der Waals surface area contributed by atoms with Crippen LogP contribution >= 0.6 is 11.3 Å². The van der Waals surface area contributed by atoms with Crippen LogP contribution in [-0.2, 0) is 29.6 Å². The monoisotopic (exact) mass is 386 g/mol. The molecular formula is C20H26N4O2S. The van der Waals surface area contributed by atoms with E-state index < -0.39 is 0 Å². The minimum absolute atomic E-state index is 0.150. The van der Waals surface area contributed by atoms with Gasteiger partial charge in [-0.15, -0.1) is 0 Å². The largest absolute Gasteiger partial charge is 0.342 e. The fourth-order valence-electron chi connectivity index (χ4n) is 4.35. The van der Waals surface area contributed by atoms with Crippen molar-refractivity contribution in [2.45, 2.75) is 45.2 Å². The number of thiophene rings is 1. The zero-order chi connectivity index (χ0) is 19.0. The van der Waals surface area contributed by atoms with E-state index in [4.69, 9.17) is 0 Å². The van der Waals surface area contributed by atoms with Crippen LogP contribution in [0.15, 0.2) is 29.1 Å². The number of likely N-dealkylation sites (tertiary alicyclic amines) is 1. The summed E-state index contributed by atoms with van der Waals surface area (Å²) in [6.07, 6.45) is 5.28. The number of hydrogen-bond donors (Lipinski definition) is 0. The second-order valence-electron chi connectivity index (χ2n) is 7.90. The second kappa shape index (κ2) is 7.11. The molecule has 144 valence electrons. The summed E-state index contributed by atoms with van der Waals surface area (Å²) in [5, 5.41) is 8.47. The first-order valence-electron chi connectivity index (χ1n) is 9.51. The van der Waals surface area contributed by atoms with Crippen LogP contribution in [0.5, 0.6) is 0 Å². The van der Waals surface area contributed by atoms with Crippen LogP contribution in [0.2, 0.25) is 0 Å². The van der Waals surface area contributed by atoms with Gasteiger partial charge in [-0.2, -0.15) is 16.4 Å². The topological polar surface area (TPSA) is 58.4 Å². The molecule has 2 aliphatic rings. The number of amides is 2. The fraction of sp³-hybridized carbons (Fsp3) is 0.550. The molecule has 4 rings (SSSR count). The van der Waals surface area contributed by atoms with Crippen LogP contribution in [-0.4, -0.2) is 50.5 Å². The fourth-order valence-corrected chi connectivity index (χ4v) is 5.01. The molecule has 2 amide bonds. The Kier molecular flexibility index (Phi) is 4.80. The van der Waals surface area contributed by atoms with Crippen LogP contribution in [0.4, 0.5) is 0 Å². The average Bonchev–Trinajstić information content (AvgIpc) is 3.00. The summed E-state index contributed by atoms with van der Waals surface area (Å²) in [4.78, 5) is 28.8. The van der Waals surface area contributed by atoms with E-state index in [0.29, 0.717) is 19.0 Å². The Morgan fingerprint density at radius 3 is 2.70 bits per heavy atom. The minimum Gasteiger partial charge on any atom is -0.342 e. The van der Waals surface area contributed by atoms with Gasteiger partial charge in [0.05, 0.1) is 12.1 Å². The summed E-state index contributed by atoms with van der Waals surface area (Å²) in [7, 11) is 1.86. The third-order valence-electron chi connectivity index (χ3n) is 6.07. The molecule has 2 aromatic heterocycles. The highest BCUT2D eigenvalue weighted by molar-refractivity contribution is 7.07. The molecule has 1 aliphatic carbocycles. The molecule has 1 saturated heterocycles. The molecule has 2 aromatic rings. The van der Waals surface area contributed by atoms with Gasteiger partial charge in [-0.25, -0.2) is 0 Å². The van der Waals surface area contributed by atoms with E-state index in [1.807, 2.05) is 29.1 Å². The number of aromatic nitrogens is 2. The van der Waals surface area contributed by atoms with Crippen molar-refractivity contribution < 1.29 is 9.59 Å². The molecule has 6 nitrogen and oxygen atoms in total. The normalized spacial score (nSPS) is 20.7. The van der Waals surface area contributed by atoms with E-state index in [0.717, 1.165) is 38.0 Å². The molecule has 1 saturated carbocycles. The average molecular weight is 387 g/mol. The minimum atomic E-state index is 0.150. The molecule has 1 spiro atoms. The Balaban J connectivity index is 1.33. The van der Waals surface area contributed by atoms with Gasteiger partial charge in [0.15, 0.2) is 0 Å². The Bertz CT molecular complexity index is 821. The molecule has 0 unspecified atom stereocenters. The van der Waals surface area contributed by atoms with E-state index >= 15 is 0 Å². The Labute approximate surface area is 163 Å². The third-order valence-corrected chi connectivity index (χ3v) is 6.81. The van der Waals surface area contributed by atoms with Crippen molar-refractivity contribution in [3.8, 4) is 0 Å². The summed E-state index contributed by atoms with van der Waals surface area (Å²) in [5.41, 5.74) is 2.24. The molecule has 27 heavy (non-hydrogen) atoms. The standard InChI is InChI=1S/C20H26N4O2S/c1-15(25)24(13-16-4-10-27-14-16)18-12-20(18)5-8-23(9-6-20)19(26)11-17-3-7-22(2)21-17/h3-4,7,10,14,18H,5-6,8-9,11-13H2,1-2H3/t18-/m0/s1. The maximum Gasteiger partial charge on any atom is 0.228 e. The van der Waals surface area contributed by atoms with Gasteiger partial charge in [0, 0.05) is 45.8 Å². The number of carbonyl (C=O) groups is 2. The Morgan fingerprint density at radius 2 is 2.11 bits per heavy atom. The quantitative estimate of drug-likeness (QED) is 0.793. The van der Waals surface area contributed by atoms with Crippen molar-refractivity contribution in [2.24, 2.45) is 12.5 Å². The molecule has 0 aromatic carbocycles. The summed E-state index contributed by atoms with van der Waals surface area (Å²) < 4.78 is 1.73. The third kappa shape index (κ3) is 3.78. The van der Waals surface area contributed by atoms with Gasteiger partial charge >= 0.3 is 0 Å². The first-order valence-corrected chi connectivity index (χ1v) is 10.5. The highest BCUT2D eigenvalue weighted by atomic mass is 32.1. The Morgan fingerprint density at radius 1 is 1.33 bits per heavy atom. The van der Waals surface area contributed by atoms with Crippen LogP contribution in [0.1, 0.15) is 37.4 Å². The highest BCUT2D eigenvalue weighted by Gasteiger charge is 2.58. The number of nitrogens with zero attached hydrogens (tertiary/aromatic N) is 4. The maximum atomic E-state index is 12.6. The van der Waals surface area contributed by atoms with Crippen LogP contribution in [0, 0.1) is 5.41 Å². The lowest BCUT2D eigenvalue weighted by atomic mass is 9.92. The SMILES string of the molecule is CC(=O)N(Cc1ccsc1)[C@H]1CC12CCN(C(=O)Cc1ccn(C)n1)CC2. The smallest absolute Gasteiger partial charge is 0.228 e. The van der Waals surface area contributed by atoms with Gasteiger partial charge in [-0.05, 0) is 53.1 Å². The van der Waals surface area contributed by atoms with E-state index in [9.17, 15) is 9.59 Å². The predicted molar refractivity (Wildman–Crippen MR) is 104 cm³/mol. The highest BCUT2D eigenvalue weighted by Crippen LogP contribution is 2.57. The van der Waals surface area contributed by atoms with Gasteiger partial charge in [0.2, 0.25) is 11.8 Å². The molecule has 1 aliphatic heterocycles. The summed E-state index contributed by atoms with van der Waals surface area (Å²) >= 11 is 1.67. The van der Waals surface area contributed by atoms with Crippen molar-refractivity contribution >= 4 is 23.2 Å². The molecule has 1 atom stereocenters. The van der Waals surface area contributed by atoms with Crippen molar-refractivity contribution in [3.05, 3.63) is 40.3 Å². The van der Waals surface area contributed by atoms with Crippen LogP contribution in [0.3, 0.4) is 0 Å². The van der Waals surface area contributed by atoms with Gasteiger partial charge in [0.1, 0.15) is 0 Å². The van der Waals surface area contributed by atoms with E-state index in [-0.39, 0.29) is 17.2 Å². The van der Waals surface area contributed by atoms with Crippen molar-refractivity contribution in [1.29, 1.82) is 0 Å². The Hall–Kier alpha value is -2.15. The maximum absolute atomic E-state index is 12.6. The van der Waals surface area contributed by atoms with Gasteiger partial charge in [0.25, 0.3) is 0 Å². The van der Waals surface area contributed by atoms with Crippen molar-refractivity contribution in [3.63, 3.8) is 0 Å². The predicted octanol–water partition coefficient (Wildman–Crippen LogP) is 2.45. The molecule has 3 heterocycles. The first kappa shape index (κ1) is 18.2. The molecule has 2 fully saturated rings. The van der Waals surface area contributed by atoms with E-state index in [2.05, 4.69) is 21.9 Å². The lowest BCUT2D eigenvalue weighted by Crippen LogP contribution is -2.43. The number of aryl methyl sites for hydroxylation is 1. The molecule has 0 N–H and O–H groups in total. The summed E-state index contributed by atoms with van der Waals surface area (Å²) in [6.45, 7) is 3.94. The van der Waals surface area contributed by atoms with Crippen molar-refractivity contribution in [1.82, 2.24) is 19.6 Å². The zero-order valence-electron chi connectivity index (χ0n) is 15.9. The summed E-state index contributed by atoms with van der Waals surface area (Å²) in [6, 6.07) is 4.31. The van der Waals surface area contributed by atoms with Gasteiger partial charge < -0.3 is 9.80 Å². The summed E-state index contributed by atoms with van der Waals surface area (Å²) in [5.74, 6) is 0.305. The first-order chi connectivity index (χ1) is 13.0. The van der Waals surface area contributed by atoms with Crippen LogP contribution < -0.4 is 0 Å². The second-order valence-corrected chi connectivity index (χ2v) is 8.68. The number of carbonyl (C=O) groups excluding carboxylic acids is 2. The number of rotatable bonds is 5. The molecule has 0 radical (unpaired) electrons. The molecule has 0 bridgehead atoms. The van der Waals surface area contributed by atoms with E-state index in [1.165, 1.54) is 5.56 Å². The van der Waals surface area contributed by atoms with Gasteiger partial charge in [-0.3, -0.25) is 14.3 Å². The number of piperidine rings is 1. The lowest BCUT2D eigenvalue weighted by Gasteiger charge is -2.34. The van der Waals surface area contributed by atoms with E-state index in [1.54, 1.807) is 22.9 Å². The molecular weight excluding hydrogens is 360 g/mol. The lowest BCUT2D eigenvalue weighted by molar-refractivity contribution is -0.134. The number of hydrogen-bond acceptors (Lipinski definition) is 4.